The zero-order chi connectivity index (χ0) is 11.0. The highest BCUT2D eigenvalue weighted by Gasteiger charge is 2.30. The van der Waals surface area contributed by atoms with E-state index in [1.165, 1.54) is 63.0 Å². The maximum Gasteiger partial charge on any atom is 0.000481 e. The zero-order valence-corrected chi connectivity index (χ0v) is 11.3. The molecule has 1 aliphatic carbocycles. The second kappa shape index (κ2) is 7.56. The highest BCUT2D eigenvalue weighted by molar-refractivity contribution is 7.99. The summed E-state index contributed by atoms with van der Waals surface area (Å²) in [5.41, 5.74) is 0.654. The molecule has 2 heteroatoms. The first-order chi connectivity index (χ1) is 7.33. The number of nitrogens with one attached hydrogen (secondary N) is 1. The molecule has 0 aromatic rings. The van der Waals surface area contributed by atoms with Crippen molar-refractivity contribution in [1.29, 1.82) is 0 Å². The lowest BCUT2D eigenvalue weighted by atomic mass is 9.71. The van der Waals surface area contributed by atoms with E-state index < -0.39 is 0 Å². The van der Waals surface area contributed by atoms with Crippen LogP contribution in [-0.2, 0) is 0 Å². The molecular formula is C13H27NS. The van der Waals surface area contributed by atoms with Crippen molar-refractivity contribution >= 4 is 11.8 Å². The molecule has 0 atom stereocenters. The minimum Gasteiger partial charge on any atom is -0.319 e. The van der Waals surface area contributed by atoms with Gasteiger partial charge in [-0.2, -0.15) is 11.8 Å². The Balaban J connectivity index is 2.28. The molecular weight excluding hydrogens is 202 g/mol. The van der Waals surface area contributed by atoms with Crippen LogP contribution in [0.5, 0.6) is 0 Å². The molecule has 1 rings (SSSR count). The van der Waals surface area contributed by atoms with Gasteiger partial charge in [-0.3, -0.25) is 0 Å². The molecule has 0 spiro atoms. The molecule has 0 aliphatic heterocycles. The molecule has 1 saturated carbocycles. The second-order valence-electron chi connectivity index (χ2n) is 4.89. The lowest BCUT2D eigenvalue weighted by molar-refractivity contribution is 0.169. The molecule has 1 nitrogen and oxygen atoms in total. The summed E-state index contributed by atoms with van der Waals surface area (Å²) >= 11 is 2.09. The van der Waals surface area contributed by atoms with Crippen molar-refractivity contribution < 1.29 is 0 Å². The molecule has 0 amide bonds. The van der Waals surface area contributed by atoms with E-state index in [1.54, 1.807) is 0 Å². The smallest absolute Gasteiger partial charge is 0.000481 e. The Bertz CT molecular complexity index is 147. The van der Waals surface area contributed by atoms with Crippen molar-refractivity contribution in [3.63, 3.8) is 0 Å². The van der Waals surface area contributed by atoms with Gasteiger partial charge >= 0.3 is 0 Å². The molecule has 0 bridgehead atoms. The molecule has 1 N–H and O–H groups in total. The van der Waals surface area contributed by atoms with Gasteiger partial charge in [-0.05, 0) is 49.7 Å². The Morgan fingerprint density at radius 2 is 1.93 bits per heavy atom. The highest BCUT2D eigenvalue weighted by atomic mass is 32.2. The normalized spacial score (nSPS) is 20.4. The third-order valence-electron chi connectivity index (χ3n) is 3.67. The van der Waals surface area contributed by atoms with Gasteiger partial charge in [0.2, 0.25) is 0 Å². The van der Waals surface area contributed by atoms with Crippen LogP contribution in [0.25, 0.3) is 0 Å². The Labute approximate surface area is 99.8 Å². The van der Waals surface area contributed by atoms with Gasteiger partial charge in [-0.1, -0.05) is 26.2 Å². The number of hydrogen-bond acceptors (Lipinski definition) is 2. The maximum absolute atomic E-state index is 3.41. The molecule has 0 saturated heterocycles. The standard InChI is InChI=1S/C13H27NS/c1-3-15-11-7-10-13(12-14-2)8-5-4-6-9-13/h14H,3-12H2,1-2H3. The summed E-state index contributed by atoms with van der Waals surface area (Å²) in [4.78, 5) is 0. The van der Waals surface area contributed by atoms with E-state index in [-0.39, 0.29) is 0 Å². The summed E-state index contributed by atoms with van der Waals surface area (Å²) in [5.74, 6) is 2.64. The van der Waals surface area contributed by atoms with E-state index in [0.717, 1.165) is 0 Å². The summed E-state index contributed by atoms with van der Waals surface area (Å²) in [6.07, 6.45) is 10.2. The highest BCUT2D eigenvalue weighted by Crippen LogP contribution is 2.39. The summed E-state index contributed by atoms with van der Waals surface area (Å²) in [5, 5.41) is 3.41. The van der Waals surface area contributed by atoms with Crippen LogP contribution in [0, 0.1) is 5.41 Å². The minimum atomic E-state index is 0.654. The lowest BCUT2D eigenvalue weighted by Gasteiger charge is -2.37. The molecule has 0 aromatic heterocycles. The Hall–Kier alpha value is 0.310. The van der Waals surface area contributed by atoms with Crippen molar-refractivity contribution in [1.82, 2.24) is 5.32 Å². The van der Waals surface area contributed by atoms with Crippen LogP contribution in [0.15, 0.2) is 0 Å². The quantitative estimate of drug-likeness (QED) is 0.668. The minimum absolute atomic E-state index is 0.654. The number of rotatable bonds is 7. The van der Waals surface area contributed by atoms with Crippen molar-refractivity contribution in [3.8, 4) is 0 Å². The van der Waals surface area contributed by atoms with Crippen LogP contribution in [0.3, 0.4) is 0 Å². The fraction of sp³-hybridized carbons (Fsp3) is 1.00. The van der Waals surface area contributed by atoms with Gasteiger partial charge in [-0.25, -0.2) is 0 Å². The van der Waals surface area contributed by atoms with E-state index in [1.807, 2.05) is 0 Å². The van der Waals surface area contributed by atoms with Crippen LogP contribution in [-0.4, -0.2) is 25.1 Å². The average Bonchev–Trinajstić information content (AvgIpc) is 2.26. The van der Waals surface area contributed by atoms with E-state index in [0.29, 0.717) is 5.41 Å². The molecule has 15 heavy (non-hydrogen) atoms. The van der Waals surface area contributed by atoms with E-state index in [2.05, 4.69) is 31.1 Å². The molecule has 1 fully saturated rings. The van der Waals surface area contributed by atoms with Crippen molar-refractivity contribution in [3.05, 3.63) is 0 Å². The summed E-state index contributed by atoms with van der Waals surface area (Å²) < 4.78 is 0. The van der Waals surface area contributed by atoms with Gasteiger partial charge < -0.3 is 5.32 Å². The number of hydrogen-bond donors (Lipinski definition) is 1. The van der Waals surface area contributed by atoms with Crippen molar-refractivity contribution in [2.75, 3.05) is 25.1 Å². The fourth-order valence-electron chi connectivity index (χ4n) is 2.89. The van der Waals surface area contributed by atoms with Crippen LogP contribution in [0.1, 0.15) is 51.9 Å². The second-order valence-corrected chi connectivity index (χ2v) is 6.29. The van der Waals surface area contributed by atoms with Gasteiger partial charge in [-0.15, -0.1) is 0 Å². The first-order valence-electron chi connectivity index (χ1n) is 6.55. The predicted octanol–water partition coefficient (Wildman–Crippen LogP) is 3.69. The van der Waals surface area contributed by atoms with Crippen LogP contribution >= 0.6 is 11.8 Å². The molecule has 0 radical (unpaired) electrons. The summed E-state index contributed by atoms with van der Waals surface area (Å²) in [6.45, 7) is 3.50. The fourth-order valence-corrected chi connectivity index (χ4v) is 3.52. The SMILES string of the molecule is CCSCCCC1(CNC)CCCCC1. The van der Waals surface area contributed by atoms with Gasteiger partial charge in [0.15, 0.2) is 0 Å². The monoisotopic (exact) mass is 229 g/mol. The summed E-state index contributed by atoms with van der Waals surface area (Å²) in [7, 11) is 2.11. The van der Waals surface area contributed by atoms with Crippen LogP contribution < -0.4 is 5.32 Å². The third kappa shape index (κ3) is 4.78. The maximum atomic E-state index is 3.41. The average molecular weight is 229 g/mol. The Morgan fingerprint density at radius 3 is 2.53 bits per heavy atom. The van der Waals surface area contributed by atoms with E-state index >= 15 is 0 Å². The first kappa shape index (κ1) is 13.4. The van der Waals surface area contributed by atoms with Gasteiger partial charge in [0.25, 0.3) is 0 Å². The topological polar surface area (TPSA) is 12.0 Å². The molecule has 1 aliphatic rings. The van der Waals surface area contributed by atoms with E-state index in [9.17, 15) is 0 Å². The largest absolute Gasteiger partial charge is 0.319 e. The van der Waals surface area contributed by atoms with E-state index in [4.69, 9.17) is 0 Å². The molecule has 0 heterocycles. The van der Waals surface area contributed by atoms with Crippen molar-refractivity contribution in [2.45, 2.75) is 51.9 Å². The summed E-state index contributed by atoms with van der Waals surface area (Å²) in [6, 6.07) is 0. The van der Waals surface area contributed by atoms with Crippen LogP contribution in [0.4, 0.5) is 0 Å². The molecule has 0 aromatic carbocycles. The van der Waals surface area contributed by atoms with Gasteiger partial charge in [0, 0.05) is 6.54 Å². The zero-order valence-electron chi connectivity index (χ0n) is 10.5. The third-order valence-corrected chi connectivity index (χ3v) is 4.65. The number of thioether (sulfide) groups is 1. The van der Waals surface area contributed by atoms with Crippen LogP contribution in [0.2, 0.25) is 0 Å². The molecule has 0 unspecified atom stereocenters. The van der Waals surface area contributed by atoms with Gasteiger partial charge in [0.05, 0.1) is 0 Å². The first-order valence-corrected chi connectivity index (χ1v) is 7.71. The van der Waals surface area contributed by atoms with Gasteiger partial charge in [0.1, 0.15) is 0 Å². The molecule has 90 valence electrons. The lowest BCUT2D eigenvalue weighted by Crippen LogP contribution is -2.34. The Morgan fingerprint density at radius 1 is 1.20 bits per heavy atom. The Kier molecular flexibility index (Phi) is 6.74. The van der Waals surface area contributed by atoms with Crippen molar-refractivity contribution in [2.24, 2.45) is 5.41 Å². The predicted molar refractivity (Wildman–Crippen MR) is 71.7 cm³/mol.